The van der Waals surface area contributed by atoms with E-state index in [4.69, 9.17) is 4.74 Å². The van der Waals surface area contributed by atoms with E-state index in [2.05, 4.69) is 41.8 Å². The summed E-state index contributed by atoms with van der Waals surface area (Å²) in [6, 6.07) is 3.48. The lowest BCUT2D eigenvalue weighted by Gasteiger charge is -2.05. The summed E-state index contributed by atoms with van der Waals surface area (Å²) in [5.41, 5.74) is 0.234. The molecule has 0 aliphatic carbocycles. The summed E-state index contributed by atoms with van der Waals surface area (Å²) in [5.74, 6) is -0.128. The number of hydrogen-bond acceptors (Lipinski definition) is 4. The number of rotatable bonds is 3. The second-order valence-electron chi connectivity index (χ2n) is 3.78. The van der Waals surface area contributed by atoms with Gasteiger partial charge in [0.15, 0.2) is 0 Å². The Morgan fingerprint density at radius 1 is 1.42 bits per heavy atom. The van der Waals surface area contributed by atoms with Crippen LogP contribution in [0.5, 0.6) is 0 Å². The molecule has 0 aliphatic rings. The van der Waals surface area contributed by atoms with Crippen LogP contribution < -0.4 is 5.56 Å². The van der Waals surface area contributed by atoms with E-state index in [0.29, 0.717) is 27.8 Å². The molecule has 0 spiro atoms. The summed E-state index contributed by atoms with van der Waals surface area (Å²) in [7, 11) is 0. The van der Waals surface area contributed by atoms with Crippen LogP contribution in [-0.4, -0.2) is 22.5 Å². The third kappa shape index (κ3) is 3.22. The van der Waals surface area contributed by atoms with Crippen molar-refractivity contribution >= 4 is 48.7 Å². The van der Waals surface area contributed by atoms with Crippen molar-refractivity contribution in [3.05, 3.63) is 37.3 Å². The molecule has 7 heteroatoms. The Morgan fingerprint density at radius 3 is 2.84 bits per heavy atom. The van der Waals surface area contributed by atoms with Crippen LogP contribution in [0, 0.1) is 0 Å². The maximum Gasteiger partial charge on any atom is 0.313 e. The van der Waals surface area contributed by atoms with Gasteiger partial charge < -0.3 is 9.72 Å². The van der Waals surface area contributed by atoms with Gasteiger partial charge in [-0.15, -0.1) is 0 Å². The number of ether oxygens (including phenoxy) is 1. The number of carbonyl (C=O) groups excluding carboxylic acids is 1. The second-order valence-corrected chi connectivity index (χ2v) is 5.55. The third-order valence-corrected chi connectivity index (χ3v) is 3.46. The van der Waals surface area contributed by atoms with E-state index < -0.39 is 5.97 Å². The Balaban J connectivity index is 2.50. The fourth-order valence-corrected chi connectivity index (χ4v) is 2.96. The van der Waals surface area contributed by atoms with Crippen LogP contribution in [0.15, 0.2) is 25.9 Å². The lowest BCUT2D eigenvalue weighted by Crippen LogP contribution is -2.16. The van der Waals surface area contributed by atoms with Crippen LogP contribution in [0.25, 0.3) is 10.9 Å². The van der Waals surface area contributed by atoms with Crippen molar-refractivity contribution in [1.29, 1.82) is 0 Å². The monoisotopic (exact) mass is 388 g/mol. The molecular weight excluding hydrogens is 380 g/mol. The van der Waals surface area contributed by atoms with Crippen molar-refractivity contribution < 1.29 is 9.53 Å². The largest absolute Gasteiger partial charge is 0.466 e. The maximum absolute atomic E-state index is 12.0. The summed E-state index contributed by atoms with van der Waals surface area (Å²) in [6.07, 6.45) is -0.0540. The molecule has 1 aromatic carbocycles. The number of benzene rings is 1. The molecule has 0 amide bonds. The first-order valence-corrected chi connectivity index (χ1v) is 7.13. The predicted molar refractivity (Wildman–Crippen MR) is 78.1 cm³/mol. The molecule has 2 rings (SSSR count). The zero-order chi connectivity index (χ0) is 14.0. The highest BCUT2D eigenvalue weighted by molar-refractivity contribution is 9.11. The highest BCUT2D eigenvalue weighted by atomic mass is 79.9. The van der Waals surface area contributed by atoms with Crippen LogP contribution in [-0.2, 0) is 16.0 Å². The van der Waals surface area contributed by atoms with Gasteiger partial charge in [-0.1, -0.05) is 15.9 Å². The summed E-state index contributed by atoms with van der Waals surface area (Å²) in [6.45, 7) is 2.02. The Kier molecular flexibility index (Phi) is 4.36. The Bertz CT molecular complexity index is 697. The Labute approximate surface area is 125 Å². The fourth-order valence-electron chi connectivity index (χ4n) is 1.65. The minimum Gasteiger partial charge on any atom is -0.466 e. The van der Waals surface area contributed by atoms with Crippen LogP contribution in [0.4, 0.5) is 0 Å². The maximum atomic E-state index is 12.0. The van der Waals surface area contributed by atoms with Crippen LogP contribution >= 0.6 is 31.9 Å². The minimum absolute atomic E-state index is 0.0540. The molecular formula is C12H10Br2N2O3. The first kappa shape index (κ1) is 14.2. The van der Waals surface area contributed by atoms with Gasteiger partial charge in [0.25, 0.3) is 5.56 Å². The van der Waals surface area contributed by atoms with Crippen molar-refractivity contribution in [2.75, 3.05) is 6.61 Å². The summed E-state index contributed by atoms with van der Waals surface area (Å²) < 4.78 is 6.29. The quantitative estimate of drug-likeness (QED) is 0.819. The summed E-state index contributed by atoms with van der Waals surface area (Å²) in [5, 5.41) is 0.453. The van der Waals surface area contributed by atoms with E-state index in [9.17, 15) is 9.59 Å². The molecule has 1 aromatic heterocycles. The van der Waals surface area contributed by atoms with E-state index in [0.717, 1.165) is 4.47 Å². The van der Waals surface area contributed by atoms with Crippen molar-refractivity contribution in [2.45, 2.75) is 13.3 Å². The van der Waals surface area contributed by atoms with Gasteiger partial charge in [-0.3, -0.25) is 9.59 Å². The number of nitrogens with zero attached hydrogens (tertiary/aromatic N) is 1. The van der Waals surface area contributed by atoms with Gasteiger partial charge in [-0.05, 0) is 35.0 Å². The Morgan fingerprint density at radius 2 is 2.16 bits per heavy atom. The lowest BCUT2D eigenvalue weighted by molar-refractivity contribution is -0.142. The van der Waals surface area contributed by atoms with Gasteiger partial charge in [0.2, 0.25) is 0 Å². The molecule has 0 bridgehead atoms. The number of aromatic amines is 1. The van der Waals surface area contributed by atoms with E-state index >= 15 is 0 Å². The van der Waals surface area contributed by atoms with Crippen molar-refractivity contribution in [2.24, 2.45) is 0 Å². The standard InChI is InChI=1S/C12H10Br2N2O3/c1-2-19-10(17)5-9-15-11-7(12(18)16-9)3-6(13)4-8(11)14/h3-4H,2,5H2,1H3,(H,15,16,18). The number of nitrogens with one attached hydrogen (secondary N) is 1. The molecule has 0 atom stereocenters. The van der Waals surface area contributed by atoms with Crippen LogP contribution in [0.3, 0.4) is 0 Å². The number of H-pyrrole nitrogens is 1. The van der Waals surface area contributed by atoms with Crippen molar-refractivity contribution in [3.63, 3.8) is 0 Å². The highest BCUT2D eigenvalue weighted by Crippen LogP contribution is 2.25. The number of fused-ring (bicyclic) bond motifs is 1. The molecule has 0 radical (unpaired) electrons. The topological polar surface area (TPSA) is 72.0 Å². The van der Waals surface area contributed by atoms with Crippen LogP contribution in [0.1, 0.15) is 12.7 Å². The summed E-state index contributed by atoms with van der Waals surface area (Å²) in [4.78, 5) is 30.2. The molecule has 1 heterocycles. The van der Waals surface area contributed by atoms with Gasteiger partial charge in [-0.2, -0.15) is 0 Å². The number of hydrogen-bond donors (Lipinski definition) is 1. The zero-order valence-electron chi connectivity index (χ0n) is 10.00. The molecule has 100 valence electrons. The fraction of sp³-hybridized carbons (Fsp3) is 0.250. The lowest BCUT2D eigenvalue weighted by atomic mass is 10.2. The number of aromatic nitrogens is 2. The molecule has 0 unspecified atom stereocenters. The first-order chi connectivity index (χ1) is 9.01. The molecule has 0 saturated heterocycles. The van der Waals surface area contributed by atoms with E-state index in [1.807, 2.05) is 0 Å². The second kappa shape index (κ2) is 5.83. The molecule has 0 aliphatic heterocycles. The van der Waals surface area contributed by atoms with Crippen LogP contribution in [0.2, 0.25) is 0 Å². The minimum atomic E-state index is -0.418. The SMILES string of the molecule is CCOC(=O)Cc1nc2c(Br)cc(Br)cc2c(=O)[nH]1. The van der Waals surface area contributed by atoms with Gasteiger partial charge in [0, 0.05) is 8.95 Å². The zero-order valence-corrected chi connectivity index (χ0v) is 13.2. The molecule has 0 fully saturated rings. The van der Waals surface area contributed by atoms with E-state index in [1.54, 1.807) is 19.1 Å². The Hall–Kier alpha value is -1.21. The van der Waals surface area contributed by atoms with E-state index in [1.165, 1.54) is 0 Å². The molecule has 0 saturated carbocycles. The average molecular weight is 390 g/mol. The molecule has 2 aromatic rings. The van der Waals surface area contributed by atoms with E-state index in [-0.39, 0.29) is 12.0 Å². The molecule has 19 heavy (non-hydrogen) atoms. The van der Waals surface area contributed by atoms with Gasteiger partial charge >= 0.3 is 5.97 Å². The number of carbonyl (C=O) groups is 1. The third-order valence-electron chi connectivity index (χ3n) is 2.39. The normalized spacial score (nSPS) is 10.7. The van der Waals surface area contributed by atoms with Gasteiger partial charge in [0.05, 0.1) is 17.5 Å². The number of halogens is 2. The predicted octanol–water partition coefficient (Wildman–Crippen LogP) is 2.55. The average Bonchev–Trinajstić information content (AvgIpc) is 2.31. The van der Waals surface area contributed by atoms with Gasteiger partial charge in [0.1, 0.15) is 12.2 Å². The smallest absolute Gasteiger partial charge is 0.313 e. The summed E-state index contributed by atoms with van der Waals surface area (Å²) >= 11 is 6.66. The van der Waals surface area contributed by atoms with Crippen molar-refractivity contribution in [3.8, 4) is 0 Å². The number of esters is 1. The molecule has 1 N–H and O–H groups in total. The molecule has 5 nitrogen and oxygen atoms in total. The first-order valence-electron chi connectivity index (χ1n) is 5.55. The van der Waals surface area contributed by atoms with Crippen molar-refractivity contribution in [1.82, 2.24) is 9.97 Å². The van der Waals surface area contributed by atoms with Gasteiger partial charge in [-0.25, -0.2) is 4.98 Å². The highest BCUT2D eigenvalue weighted by Gasteiger charge is 2.11.